The molecule has 41 heavy (non-hydrogen) atoms. The van der Waals surface area contributed by atoms with Gasteiger partial charge >= 0.3 is 12.1 Å². The van der Waals surface area contributed by atoms with Crippen molar-refractivity contribution in [1.29, 1.82) is 0 Å². The number of carboxylic acid groups (broad SMARTS) is 1. The number of ether oxygens (including phenoxy) is 2. The lowest BCUT2D eigenvalue weighted by Crippen LogP contribution is -2.46. The zero-order chi connectivity index (χ0) is 31.0. The maximum Gasteiger partial charge on any atom is 0.407 e. The SMILES string of the molecule is Cc1cc(OC(C)(C)C)cc(C)c1CC(NC(=O)OC(C)(C)C)C(O)CC=CC(O)C(Cc1ccccc1)C(=O)O. The summed E-state index contributed by atoms with van der Waals surface area (Å²) in [5.74, 6) is -1.41. The Morgan fingerprint density at radius 3 is 2.02 bits per heavy atom. The van der Waals surface area contributed by atoms with Crippen LogP contribution in [0.5, 0.6) is 5.75 Å². The normalized spacial score (nSPS) is 15.2. The van der Waals surface area contributed by atoms with Crippen LogP contribution < -0.4 is 10.1 Å². The first-order chi connectivity index (χ1) is 18.9. The van der Waals surface area contributed by atoms with Gasteiger partial charge in [-0.05, 0) is 109 Å². The Hall–Kier alpha value is -3.36. The molecule has 0 spiro atoms. The van der Waals surface area contributed by atoms with Gasteiger partial charge in [0.1, 0.15) is 17.0 Å². The van der Waals surface area contributed by atoms with Crippen molar-refractivity contribution in [3.63, 3.8) is 0 Å². The van der Waals surface area contributed by atoms with Crippen LogP contribution in [-0.4, -0.2) is 56.8 Å². The number of aliphatic carboxylic acids is 1. The van der Waals surface area contributed by atoms with Crippen molar-refractivity contribution in [2.75, 3.05) is 0 Å². The van der Waals surface area contributed by atoms with E-state index in [1.54, 1.807) is 26.8 Å². The molecule has 4 N–H and O–H groups in total. The molecule has 0 fully saturated rings. The summed E-state index contributed by atoms with van der Waals surface area (Å²) in [6.45, 7) is 15.2. The van der Waals surface area contributed by atoms with Crippen molar-refractivity contribution in [1.82, 2.24) is 5.32 Å². The van der Waals surface area contributed by atoms with Gasteiger partial charge in [-0.1, -0.05) is 42.5 Å². The Morgan fingerprint density at radius 2 is 1.51 bits per heavy atom. The summed E-state index contributed by atoms with van der Waals surface area (Å²) in [7, 11) is 0. The Labute approximate surface area is 244 Å². The minimum absolute atomic E-state index is 0.0819. The number of rotatable bonds is 12. The first-order valence-corrected chi connectivity index (χ1v) is 14.0. The molecule has 0 bridgehead atoms. The van der Waals surface area contributed by atoms with Crippen LogP contribution in [0.15, 0.2) is 54.6 Å². The van der Waals surface area contributed by atoms with E-state index in [4.69, 9.17) is 9.47 Å². The monoisotopic (exact) mass is 569 g/mol. The molecule has 0 heterocycles. The van der Waals surface area contributed by atoms with Crippen LogP contribution in [0.2, 0.25) is 0 Å². The Morgan fingerprint density at radius 1 is 0.927 bits per heavy atom. The van der Waals surface area contributed by atoms with Crippen LogP contribution in [0.3, 0.4) is 0 Å². The fourth-order valence-electron chi connectivity index (χ4n) is 4.53. The Kier molecular flexibility index (Phi) is 12.0. The van der Waals surface area contributed by atoms with Crippen LogP contribution in [0.25, 0.3) is 0 Å². The van der Waals surface area contributed by atoms with Gasteiger partial charge in [-0.25, -0.2) is 4.79 Å². The highest BCUT2D eigenvalue weighted by molar-refractivity contribution is 5.71. The lowest BCUT2D eigenvalue weighted by atomic mass is 9.91. The number of carboxylic acids is 1. The summed E-state index contributed by atoms with van der Waals surface area (Å²) in [6.07, 6.45) is 0.590. The van der Waals surface area contributed by atoms with Crippen molar-refractivity contribution in [2.45, 2.75) is 104 Å². The molecule has 2 aromatic rings. The fourth-order valence-corrected chi connectivity index (χ4v) is 4.53. The van der Waals surface area contributed by atoms with Gasteiger partial charge in [0.25, 0.3) is 0 Å². The third kappa shape index (κ3) is 12.0. The number of carbonyl (C=O) groups is 2. The summed E-state index contributed by atoms with van der Waals surface area (Å²) in [4.78, 5) is 24.5. The number of amides is 1. The number of alkyl carbamates (subject to hydrolysis) is 1. The largest absolute Gasteiger partial charge is 0.488 e. The third-order valence-electron chi connectivity index (χ3n) is 6.42. The first-order valence-electron chi connectivity index (χ1n) is 14.0. The second-order valence-corrected chi connectivity index (χ2v) is 12.6. The number of benzene rings is 2. The van der Waals surface area contributed by atoms with Gasteiger partial charge in [0, 0.05) is 0 Å². The van der Waals surface area contributed by atoms with Crippen LogP contribution in [0.4, 0.5) is 4.79 Å². The number of nitrogens with one attached hydrogen (secondary N) is 1. The molecule has 0 radical (unpaired) electrons. The molecule has 1 amide bonds. The zero-order valence-electron chi connectivity index (χ0n) is 25.6. The second kappa shape index (κ2) is 14.5. The van der Waals surface area contributed by atoms with Crippen molar-refractivity contribution < 1.29 is 34.4 Å². The molecule has 0 aliphatic carbocycles. The molecular formula is C33H47NO7. The molecule has 4 atom stereocenters. The Balaban J connectivity index is 2.22. The molecule has 0 saturated heterocycles. The predicted molar refractivity (Wildman–Crippen MR) is 160 cm³/mol. The quantitative estimate of drug-likeness (QED) is 0.248. The fraction of sp³-hybridized carbons (Fsp3) is 0.515. The van der Waals surface area contributed by atoms with Gasteiger partial charge in [0.2, 0.25) is 0 Å². The van der Waals surface area contributed by atoms with Gasteiger partial charge in [0.05, 0.1) is 24.2 Å². The van der Waals surface area contributed by atoms with Gasteiger partial charge in [-0.2, -0.15) is 0 Å². The standard InChI is InChI=1S/C33H47NO7/c1-21-17-24(40-32(3,4)5)18-22(2)25(21)20-27(34-31(39)41-33(6,7)8)29(36)16-12-15-28(35)26(30(37)38)19-23-13-10-9-11-14-23/h9-15,17-18,26-29,35-36H,16,19-20H2,1-8H3,(H,34,39)(H,37,38). The molecule has 4 unspecified atom stereocenters. The minimum atomic E-state index is -1.25. The Bertz CT molecular complexity index is 1160. The van der Waals surface area contributed by atoms with E-state index in [9.17, 15) is 24.9 Å². The van der Waals surface area contributed by atoms with E-state index >= 15 is 0 Å². The summed E-state index contributed by atoms with van der Waals surface area (Å²) in [5.41, 5.74) is 2.62. The molecule has 2 rings (SSSR count). The summed E-state index contributed by atoms with van der Waals surface area (Å²) < 4.78 is 11.5. The highest BCUT2D eigenvalue weighted by Crippen LogP contribution is 2.27. The van der Waals surface area contributed by atoms with E-state index in [-0.39, 0.29) is 18.4 Å². The molecule has 226 valence electrons. The van der Waals surface area contributed by atoms with Gasteiger partial charge in [-0.15, -0.1) is 0 Å². The van der Waals surface area contributed by atoms with Crippen molar-refractivity contribution in [2.24, 2.45) is 5.92 Å². The highest BCUT2D eigenvalue weighted by Gasteiger charge is 2.27. The molecule has 2 aromatic carbocycles. The van der Waals surface area contributed by atoms with Crippen LogP contribution >= 0.6 is 0 Å². The molecule has 0 saturated carbocycles. The highest BCUT2D eigenvalue weighted by atomic mass is 16.6. The van der Waals surface area contributed by atoms with E-state index in [2.05, 4.69) is 5.32 Å². The van der Waals surface area contributed by atoms with E-state index in [1.165, 1.54) is 6.08 Å². The van der Waals surface area contributed by atoms with E-state index in [0.717, 1.165) is 28.0 Å². The smallest absolute Gasteiger partial charge is 0.407 e. The third-order valence-corrected chi connectivity index (χ3v) is 6.42. The summed E-state index contributed by atoms with van der Waals surface area (Å²) in [6, 6.07) is 12.3. The molecule has 0 aromatic heterocycles. The summed E-state index contributed by atoms with van der Waals surface area (Å²) in [5, 5.41) is 34.3. The van der Waals surface area contributed by atoms with Gasteiger partial charge < -0.3 is 30.1 Å². The van der Waals surface area contributed by atoms with Crippen molar-refractivity contribution in [3.05, 3.63) is 76.9 Å². The van der Waals surface area contributed by atoms with Gasteiger partial charge in [0.15, 0.2) is 0 Å². The number of hydrogen-bond acceptors (Lipinski definition) is 6. The van der Waals surface area contributed by atoms with Crippen LogP contribution in [-0.2, 0) is 22.4 Å². The number of hydrogen-bond donors (Lipinski definition) is 4. The zero-order valence-corrected chi connectivity index (χ0v) is 25.6. The number of aryl methyl sites for hydroxylation is 2. The van der Waals surface area contributed by atoms with E-state index in [1.807, 2.05) is 77.1 Å². The number of carbonyl (C=O) groups excluding carboxylic acids is 1. The lowest BCUT2D eigenvalue weighted by Gasteiger charge is -2.28. The van der Waals surface area contributed by atoms with E-state index in [0.29, 0.717) is 6.42 Å². The first kappa shape index (κ1) is 33.8. The summed E-state index contributed by atoms with van der Waals surface area (Å²) >= 11 is 0. The average Bonchev–Trinajstić information content (AvgIpc) is 2.82. The predicted octanol–water partition coefficient (Wildman–Crippen LogP) is 5.53. The lowest BCUT2D eigenvalue weighted by molar-refractivity contribution is -0.144. The number of aliphatic hydroxyl groups excluding tert-OH is 2. The van der Waals surface area contributed by atoms with Crippen molar-refractivity contribution >= 4 is 12.1 Å². The minimum Gasteiger partial charge on any atom is -0.488 e. The average molecular weight is 570 g/mol. The van der Waals surface area contributed by atoms with Crippen molar-refractivity contribution in [3.8, 4) is 5.75 Å². The molecule has 0 aliphatic heterocycles. The molecule has 0 aliphatic rings. The topological polar surface area (TPSA) is 125 Å². The molecule has 8 nitrogen and oxygen atoms in total. The van der Waals surface area contributed by atoms with Crippen LogP contribution in [0.1, 0.15) is 70.2 Å². The maximum atomic E-state index is 12.7. The molecular weight excluding hydrogens is 522 g/mol. The number of aliphatic hydroxyl groups is 2. The maximum absolute atomic E-state index is 12.7. The van der Waals surface area contributed by atoms with E-state index < -0.39 is 41.8 Å². The molecule has 8 heteroatoms. The second-order valence-electron chi connectivity index (χ2n) is 12.6. The van der Waals surface area contributed by atoms with Gasteiger partial charge in [-0.3, -0.25) is 4.79 Å². The van der Waals surface area contributed by atoms with Crippen LogP contribution in [0, 0.1) is 19.8 Å².